The van der Waals surface area contributed by atoms with Crippen LogP contribution in [0, 0.1) is 0 Å². The van der Waals surface area contributed by atoms with Crippen LogP contribution in [0.25, 0.3) is 0 Å². The van der Waals surface area contributed by atoms with Crippen LogP contribution in [-0.2, 0) is 6.54 Å². The normalized spacial score (nSPS) is 17.2. The molecule has 0 atom stereocenters. The van der Waals surface area contributed by atoms with Crippen LogP contribution < -0.4 is 10.5 Å². The van der Waals surface area contributed by atoms with E-state index < -0.39 is 0 Å². The second-order valence-electron chi connectivity index (χ2n) is 5.72. The summed E-state index contributed by atoms with van der Waals surface area (Å²) in [4.78, 5) is 2.38. The zero-order valence-electron chi connectivity index (χ0n) is 12.9. The molecule has 3 N–H and O–H groups in total. The monoisotopic (exact) mass is 291 g/mol. The molecular weight excluding hydrogens is 266 g/mol. The Morgan fingerprint density at radius 2 is 2.10 bits per heavy atom. The van der Waals surface area contributed by atoms with Crippen LogP contribution in [0.2, 0.25) is 0 Å². The first-order valence-corrected chi connectivity index (χ1v) is 7.50. The highest BCUT2D eigenvalue weighted by atomic mass is 16.5. The summed E-state index contributed by atoms with van der Waals surface area (Å²) in [7, 11) is 3.83. The summed E-state index contributed by atoms with van der Waals surface area (Å²) in [6.45, 7) is 0.806. The molecule has 0 bridgehead atoms. The van der Waals surface area contributed by atoms with Crippen molar-refractivity contribution in [3.8, 4) is 5.75 Å². The predicted molar refractivity (Wildman–Crippen MR) is 83.8 cm³/mol. The Morgan fingerprint density at radius 1 is 1.38 bits per heavy atom. The highest BCUT2D eigenvalue weighted by Gasteiger charge is 2.19. The molecule has 1 aliphatic carbocycles. The number of hydrogen-bond acceptors (Lipinski definition) is 4. The number of nitrogens with two attached hydrogens (primary N) is 1. The van der Waals surface area contributed by atoms with Crippen molar-refractivity contribution in [3.05, 3.63) is 29.3 Å². The summed E-state index contributed by atoms with van der Waals surface area (Å²) in [6.07, 6.45) is 6.51. The fraction of sp³-hybridized carbons (Fsp3) is 0.562. The lowest BCUT2D eigenvalue weighted by Gasteiger charge is -2.31. The molecule has 0 amide bonds. The smallest absolute Gasteiger partial charge is 0.170 e. The van der Waals surface area contributed by atoms with Gasteiger partial charge in [-0.05, 0) is 38.1 Å². The first-order chi connectivity index (χ1) is 10.2. The van der Waals surface area contributed by atoms with Crippen LogP contribution >= 0.6 is 0 Å². The molecule has 2 rings (SSSR count). The molecule has 0 heterocycles. The lowest BCUT2D eigenvalue weighted by atomic mass is 9.94. The van der Waals surface area contributed by atoms with E-state index in [-0.39, 0.29) is 5.84 Å². The van der Waals surface area contributed by atoms with Crippen molar-refractivity contribution in [1.82, 2.24) is 4.90 Å². The van der Waals surface area contributed by atoms with E-state index in [1.807, 2.05) is 12.1 Å². The van der Waals surface area contributed by atoms with Crippen molar-refractivity contribution in [1.29, 1.82) is 0 Å². The number of oxime groups is 1. The van der Waals surface area contributed by atoms with Gasteiger partial charge in [0.25, 0.3) is 0 Å². The fourth-order valence-electron chi connectivity index (χ4n) is 3.04. The van der Waals surface area contributed by atoms with E-state index in [0.29, 0.717) is 11.6 Å². The summed E-state index contributed by atoms with van der Waals surface area (Å²) < 4.78 is 5.43. The summed E-state index contributed by atoms with van der Waals surface area (Å²) in [5.74, 6) is 0.964. The van der Waals surface area contributed by atoms with E-state index in [0.717, 1.165) is 17.9 Å². The second kappa shape index (κ2) is 7.31. The Kier molecular flexibility index (Phi) is 5.44. The van der Waals surface area contributed by atoms with Gasteiger partial charge in [0.15, 0.2) is 5.84 Å². The molecule has 1 fully saturated rings. The molecule has 0 radical (unpaired) electrons. The van der Waals surface area contributed by atoms with E-state index in [1.54, 1.807) is 13.2 Å². The van der Waals surface area contributed by atoms with E-state index in [1.165, 1.54) is 32.1 Å². The van der Waals surface area contributed by atoms with Gasteiger partial charge in [-0.3, -0.25) is 4.90 Å². The number of nitrogens with zero attached hydrogens (tertiary/aromatic N) is 2. The minimum absolute atomic E-state index is 0.124. The number of rotatable bonds is 5. The molecule has 0 aromatic heterocycles. The minimum Gasteiger partial charge on any atom is -0.496 e. The standard InChI is InChI=1S/C16H25N3O2/c1-19(14-6-4-3-5-7-14)11-13-10-12(16(17)18-20)8-9-15(13)21-2/h8-10,14,20H,3-7,11H2,1-2H3,(H2,17,18). The summed E-state index contributed by atoms with van der Waals surface area (Å²) in [6, 6.07) is 6.25. The van der Waals surface area contributed by atoms with Gasteiger partial charge in [0.1, 0.15) is 5.75 Å². The van der Waals surface area contributed by atoms with Crippen LogP contribution in [0.5, 0.6) is 5.75 Å². The highest BCUT2D eigenvalue weighted by molar-refractivity contribution is 5.97. The quantitative estimate of drug-likeness (QED) is 0.378. The maximum absolute atomic E-state index is 8.81. The lowest BCUT2D eigenvalue weighted by molar-refractivity contribution is 0.183. The predicted octanol–water partition coefficient (Wildman–Crippen LogP) is 2.55. The number of benzene rings is 1. The Hall–Kier alpha value is -1.75. The maximum Gasteiger partial charge on any atom is 0.170 e. The number of amidine groups is 1. The first-order valence-electron chi connectivity index (χ1n) is 7.50. The number of methoxy groups -OCH3 is 1. The largest absolute Gasteiger partial charge is 0.496 e. The highest BCUT2D eigenvalue weighted by Crippen LogP contribution is 2.26. The van der Waals surface area contributed by atoms with Gasteiger partial charge in [-0.15, -0.1) is 0 Å². The average molecular weight is 291 g/mol. The maximum atomic E-state index is 8.81. The summed E-state index contributed by atoms with van der Waals surface area (Å²) in [5, 5.41) is 11.9. The van der Waals surface area contributed by atoms with Crippen molar-refractivity contribution in [3.63, 3.8) is 0 Å². The van der Waals surface area contributed by atoms with Gasteiger partial charge in [-0.25, -0.2) is 0 Å². The molecule has 0 saturated heterocycles. The Bertz CT molecular complexity index is 496. The van der Waals surface area contributed by atoms with Gasteiger partial charge < -0.3 is 15.7 Å². The molecule has 0 aliphatic heterocycles. The van der Waals surface area contributed by atoms with E-state index in [9.17, 15) is 0 Å². The van der Waals surface area contributed by atoms with Gasteiger partial charge in [0, 0.05) is 23.7 Å². The van der Waals surface area contributed by atoms with Gasteiger partial charge in [-0.2, -0.15) is 0 Å². The molecule has 5 heteroatoms. The van der Waals surface area contributed by atoms with E-state index >= 15 is 0 Å². The molecule has 1 saturated carbocycles. The summed E-state index contributed by atoms with van der Waals surface area (Å²) >= 11 is 0. The third-order valence-corrected chi connectivity index (χ3v) is 4.30. The minimum atomic E-state index is 0.124. The zero-order valence-corrected chi connectivity index (χ0v) is 12.9. The molecule has 0 unspecified atom stereocenters. The number of hydrogen-bond donors (Lipinski definition) is 2. The van der Waals surface area contributed by atoms with Crippen LogP contribution in [-0.4, -0.2) is 36.1 Å². The third kappa shape index (κ3) is 3.88. The third-order valence-electron chi connectivity index (χ3n) is 4.30. The molecule has 1 aromatic rings. The van der Waals surface area contributed by atoms with Crippen LogP contribution in [0.4, 0.5) is 0 Å². The fourth-order valence-corrected chi connectivity index (χ4v) is 3.04. The van der Waals surface area contributed by atoms with E-state index in [2.05, 4.69) is 17.1 Å². The Balaban J connectivity index is 2.16. The van der Waals surface area contributed by atoms with Crippen molar-refractivity contribution >= 4 is 5.84 Å². The summed E-state index contributed by atoms with van der Waals surface area (Å²) in [5.41, 5.74) is 7.45. The topological polar surface area (TPSA) is 71.1 Å². The molecule has 1 aromatic carbocycles. The molecule has 116 valence electrons. The second-order valence-corrected chi connectivity index (χ2v) is 5.72. The van der Waals surface area contributed by atoms with Crippen LogP contribution in [0.3, 0.4) is 0 Å². The van der Waals surface area contributed by atoms with Crippen molar-refractivity contribution in [2.75, 3.05) is 14.2 Å². The van der Waals surface area contributed by atoms with Gasteiger partial charge >= 0.3 is 0 Å². The molecule has 5 nitrogen and oxygen atoms in total. The van der Waals surface area contributed by atoms with Crippen LogP contribution in [0.15, 0.2) is 23.4 Å². The lowest BCUT2D eigenvalue weighted by Crippen LogP contribution is -2.33. The van der Waals surface area contributed by atoms with Gasteiger partial charge in [0.2, 0.25) is 0 Å². The average Bonchev–Trinajstić information content (AvgIpc) is 2.54. The molecule has 21 heavy (non-hydrogen) atoms. The van der Waals surface area contributed by atoms with Gasteiger partial charge in [-0.1, -0.05) is 24.4 Å². The Labute approximate surface area is 126 Å². The molecular formula is C16H25N3O2. The zero-order chi connectivity index (χ0) is 15.2. The number of ether oxygens (including phenoxy) is 1. The Morgan fingerprint density at radius 3 is 2.71 bits per heavy atom. The van der Waals surface area contributed by atoms with Gasteiger partial charge in [0.05, 0.1) is 7.11 Å². The first kappa shape index (κ1) is 15.6. The van der Waals surface area contributed by atoms with Crippen molar-refractivity contribution < 1.29 is 9.94 Å². The van der Waals surface area contributed by atoms with Crippen molar-refractivity contribution in [2.45, 2.75) is 44.7 Å². The van der Waals surface area contributed by atoms with Crippen LogP contribution in [0.1, 0.15) is 43.2 Å². The van der Waals surface area contributed by atoms with Crippen molar-refractivity contribution in [2.24, 2.45) is 10.9 Å². The molecule has 0 spiro atoms. The molecule has 1 aliphatic rings. The van der Waals surface area contributed by atoms with E-state index in [4.69, 9.17) is 15.7 Å². The SMILES string of the molecule is COc1ccc(/C(N)=N/O)cc1CN(C)C1CCCCC1.